The average molecular weight is 247 g/mol. The fourth-order valence-electron chi connectivity index (χ4n) is 2.67. The summed E-state index contributed by atoms with van der Waals surface area (Å²) in [4.78, 5) is 11.0. The molecule has 1 aliphatic carbocycles. The molecule has 4 nitrogen and oxygen atoms in total. The first-order chi connectivity index (χ1) is 8.58. The zero-order valence-corrected chi connectivity index (χ0v) is 10.8. The number of nitrogens with two attached hydrogens (primary N) is 2. The van der Waals surface area contributed by atoms with E-state index in [9.17, 15) is 4.79 Å². The van der Waals surface area contributed by atoms with Crippen molar-refractivity contribution in [1.82, 2.24) is 0 Å². The van der Waals surface area contributed by atoms with Gasteiger partial charge in [-0.2, -0.15) is 0 Å². The summed E-state index contributed by atoms with van der Waals surface area (Å²) in [5, 5.41) is 3.44. The van der Waals surface area contributed by atoms with Crippen LogP contribution in [0.15, 0.2) is 18.2 Å². The maximum Gasteiger partial charge on any atom is 0.248 e. The zero-order valence-electron chi connectivity index (χ0n) is 10.8. The molecule has 1 aromatic rings. The van der Waals surface area contributed by atoms with E-state index in [2.05, 4.69) is 12.2 Å². The van der Waals surface area contributed by atoms with E-state index in [1.165, 1.54) is 25.7 Å². The number of anilines is 2. The van der Waals surface area contributed by atoms with Gasteiger partial charge in [-0.1, -0.05) is 12.8 Å². The third-order valence-electron chi connectivity index (χ3n) is 3.83. The number of nitrogens with one attached hydrogen (secondary N) is 1. The highest BCUT2D eigenvalue weighted by molar-refractivity contribution is 5.94. The molecule has 1 atom stereocenters. The van der Waals surface area contributed by atoms with Gasteiger partial charge >= 0.3 is 0 Å². The van der Waals surface area contributed by atoms with E-state index < -0.39 is 5.91 Å². The van der Waals surface area contributed by atoms with Crippen LogP contribution in [0.3, 0.4) is 0 Å². The van der Waals surface area contributed by atoms with Crippen LogP contribution in [0.5, 0.6) is 0 Å². The van der Waals surface area contributed by atoms with E-state index in [0.29, 0.717) is 17.3 Å². The summed E-state index contributed by atoms with van der Waals surface area (Å²) < 4.78 is 0. The molecule has 1 aliphatic rings. The summed E-state index contributed by atoms with van der Waals surface area (Å²) in [6, 6.07) is 5.59. The highest BCUT2D eigenvalue weighted by atomic mass is 16.1. The van der Waals surface area contributed by atoms with Crippen molar-refractivity contribution in [1.29, 1.82) is 0 Å². The minimum atomic E-state index is -0.447. The Balaban J connectivity index is 2.06. The van der Waals surface area contributed by atoms with Crippen LogP contribution in [0.2, 0.25) is 0 Å². The Labute approximate surface area is 108 Å². The number of hydrogen-bond donors (Lipinski definition) is 3. The van der Waals surface area contributed by atoms with Gasteiger partial charge in [-0.05, 0) is 43.9 Å². The molecule has 1 unspecified atom stereocenters. The monoisotopic (exact) mass is 247 g/mol. The smallest absolute Gasteiger partial charge is 0.248 e. The van der Waals surface area contributed by atoms with Gasteiger partial charge in [-0.3, -0.25) is 4.79 Å². The van der Waals surface area contributed by atoms with Crippen LogP contribution in [-0.2, 0) is 0 Å². The fourth-order valence-corrected chi connectivity index (χ4v) is 2.67. The number of primary amides is 1. The highest BCUT2D eigenvalue weighted by Crippen LogP contribution is 2.30. The standard InChI is InChI=1S/C14H21N3O/c1-9(10-4-2-3-5-10)17-13-7-6-11(14(16)18)8-12(13)15/h6-10,17H,2-5,15H2,1H3,(H2,16,18). The van der Waals surface area contributed by atoms with Crippen molar-refractivity contribution in [2.45, 2.75) is 38.6 Å². The van der Waals surface area contributed by atoms with Crippen molar-refractivity contribution in [3.63, 3.8) is 0 Å². The molecule has 0 heterocycles. The van der Waals surface area contributed by atoms with Crippen LogP contribution in [0.1, 0.15) is 43.0 Å². The van der Waals surface area contributed by atoms with Crippen LogP contribution in [0, 0.1) is 5.92 Å². The number of carbonyl (C=O) groups is 1. The summed E-state index contributed by atoms with van der Waals surface area (Å²) in [6.07, 6.45) is 5.22. The molecule has 0 bridgehead atoms. The first-order valence-corrected chi connectivity index (χ1v) is 6.54. The van der Waals surface area contributed by atoms with Gasteiger partial charge in [0.25, 0.3) is 0 Å². The van der Waals surface area contributed by atoms with Gasteiger partial charge in [0, 0.05) is 11.6 Å². The van der Waals surface area contributed by atoms with Crippen molar-refractivity contribution in [2.24, 2.45) is 11.7 Å². The van der Waals surface area contributed by atoms with E-state index >= 15 is 0 Å². The molecule has 98 valence electrons. The van der Waals surface area contributed by atoms with Crippen molar-refractivity contribution in [3.05, 3.63) is 23.8 Å². The van der Waals surface area contributed by atoms with Crippen LogP contribution in [-0.4, -0.2) is 11.9 Å². The molecule has 1 amide bonds. The maximum absolute atomic E-state index is 11.0. The number of nitrogen functional groups attached to an aromatic ring is 1. The molecular weight excluding hydrogens is 226 g/mol. The highest BCUT2D eigenvalue weighted by Gasteiger charge is 2.21. The lowest BCUT2D eigenvalue weighted by molar-refractivity contribution is 0.100. The number of amides is 1. The topological polar surface area (TPSA) is 81.1 Å². The van der Waals surface area contributed by atoms with E-state index in [1.807, 2.05) is 6.07 Å². The average Bonchev–Trinajstić information content (AvgIpc) is 2.85. The summed E-state index contributed by atoms with van der Waals surface area (Å²) in [6.45, 7) is 2.19. The van der Waals surface area contributed by atoms with E-state index in [4.69, 9.17) is 11.5 Å². The predicted molar refractivity (Wildman–Crippen MR) is 74.4 cm³/mol. The molecule has 18 heavy (non-hydrogen) atoms. The third kappa shape index (κ3) is 2.75. The molecule has 4 heteroatoms. The number of carbonyl (C=O) groups excluding carboxylic acids is 1. The Hall–Kier alpha value is -1.71. The Kier molecular flexibility index (Phi) is 3.75. The lowest BCUT2D eigenvalue weighted by Gasteiger charge is -2.22. The van der Waals surface area contributed by atoms with Crippen LogP contribution in [0.4, 0.5) is 11.4 Å². The minimum Gasteiger partial charge on any atom is -0.397 e. The van der Waals surface area contributed by atoms with Gasteiger partial charge in [0.05, 0.1) is 11.4 Å². The second-order valence-corrected chi connectivity index (χ2v) is 5.14. The normalized spacial score (nSPS) is 17.6. The van der Waals surface area contributed by atoms with E-state index in [-0.39, 0.29) is 0 Å². The number of hydrogen-bond acceptors (Lipinski definition) is 3. The summed E-state index contributed by atoms with van der Waals surface area (Å²) >= 11 is 0. The molecule has 1 saturated carbocycles. The van der Waals surface area contributed by atoms with Crippen LogP contribution in [0.25, 0.3) is 0 Å². The quantitative estimate of drug-likeness (QED) is 0.714. The van der Waals surface area contributed by atoms with Crippen molar-refractivity contribution in [2.75, 3.05) is 11.1 Å². The molecule has 0 spiro atoms. The second-order valence-electron chi connectivity index (χ2n) is 5.14. The van der Waals surface area contributed by atoms with Gasteiger partial charge < -0.3 is 16.8 Å². The van der Waals surface area contributed by atoms with Crippen molar-refractivity contribution >= 4 is 17.3 Å². The van der Waals surface area contributed by atoms with Crippen LogP contribution >= 0.6 is 0 Å². The van der Waals surface area contributed by atoms with E-state index in [0.717, 1.165) is 11.6 Å². The lowest BCUT2D eigenvalue weighted by Crippen LogP contribution is -2.24. The van der Waals surface area contributed by atoms with Gasteiger partial charge in [0.15, 0.2) is 0 Å². The largest absolute Gasteiger partial charge is 0.397 e. The van der Waals surface area contributed by atoms with Gasteiger partial charge in [0.1, 0.15) is 0 Å². The third-order valence-corrected chi connectivity index (χ3v) is 3.83. The number of rotatable bonds is 4. The first kappa shape index (κ1) is 12.7. The van der Waals surface area contributed by atoms with E-state index in [1.54, 1.807) is 12.1 Å². The molecule has 1 fully saturated rings. The molecule has 0 radical (unpaired) electrons. The van der Waals surface area contributed by atoms with Gasteiger partial charge in [-0.25, -0.2) is 0 Å². The molecule has 0 aliphatic heterocycles. The molecule has 5 N–H and O–H groups in total. The fraction of sp³-hybridized carbons (Fsp3) is 0.500. The summed E-state index contributed by atoms with van der Waals surface area (Å²) in [7, 11) is 0. The molecule has 0 saturated heterocycles. The van der Waals surface area contributed by atoms with Crippen molar-refractivity contribution < 1.29 is 4.79 Å². The predicted octanol–water partition coefficient (Wildman–Crippen LogP) is 2.36. The lowest BCUT2D eigenvalue weighted by atomic mass is 9.99. The molecule has 2 rings (SSSR count). The SMILES string of the molecule is CC(Nc1ccc(C(N)=O)cc1N)C1CCCC1. The maximum atomic E-state index is 11.0. The van der Waals surface area contributed by atoms with Crippen LogP contribution < -0.4 is 16.8 Å². The number of benzene rings is 1. The van der Waals surface area contributed by atoms with Gasteiger partial charge in [-0.15, -0.1) is 0 Å². The Bertz CT molecular complexity index is 439. The zero-order chi connectivity index (χ0) is 13.1. The Morgan fingerprint density at radius 1 is 1.39 bits per heavy atom. The van der Waals surface area contributed by atoms with Gasteiger partial charge in [0.2, 0.25) is 5.91 Å². The summed E-state index contributed by atoms with van der Waals surface area (Å²) in [5.41, 5.74) is 13.1. The minimum absolute atomic E-state index is 0.411. The molecule has 0 aromatic heterocycles. The van der Waals surface area contributed by atoms with Crippen molar-refractivity contribution in [3.8, 4) is 0 Å². The second kappa shape index (κ2) is 5.29. The molecular formula is C14H21N3O. The Morgan fingerprint density at radius 3 is 2.61 bits per heavy atom. The summed E-state index contributed by atoms with van der Waals surface area (Å²) in [5.74, 6) is 0.275. The molecule has 1 aromatic carbocycles. The first-order valence-electron chi connectivity index (χ1n) is 6.54. The Morgan fingerprint density at radius 2 is 2.06 bits per heavy atom.